The molecule has 7 rings (SSSR count). The Morgan fingerprint density at radius 3 is 2.33 bits per heavy atom. The number of benzene rings is 4. The van der Waals surface area contributed by atoms with Crippen LogP contribution in [0.2, 0.25) is 0 Å². The Hall–Kier alpha value is -4.34. The minimum Gasteiger partial charge on any atom is -0.509 e. The Morgan fingerprint density at radius 1 is 0.756 bits per heavy atom. The van der Waals surface area contributed by atoms with Gasteiger partial charge in [0.15, 0.2) is 0 Å². The molecule has 0 saturated heterocycles. The van der Waals surface area contributed by atoms with E-state index in [-0.39, 0.29) is 26.5 Å². The summed E-state index contributed by atoms with van der Waals surface area (Å²) in [6.07, 6.45) is 6.02. The van der Waals surface area contributed by atoms with Gasteiger partial charge in [0.1, 0.15) is 5.82 Å². The Balaban J connectivity index is 0.00000357. The second-order valence-corrected chi connectivity index (χ2v) is 12.5. The van der Waals surface area contributed by atoms with E-state index in [9.17, 15) is 0 Å². The smallest absolute Gasteiger partial charge is 0.135 e. The van der Waals surface area contributed by atoms with Crippen LogP contribution in [0.25, 0.3) is 27.6 Å². The molecule has 5 nitrogen and oxygen atoms in total. The van der Waals surface area contributed by atoms with Crippen molar-refractivity contribution >= 4 is 33.2 Å². The Bertz CT molecular complexity index is 2070. The maximum Gasteiger partial charge on any atom is 0.135 e. The Morgan fingerprint density at radius 2 is 1.51 bits per heavy atom. The van der Waals surface area contributed by atoms with E-state index in [0.717, 1.165) is 33.3 Å². The molecule has 6 heteroatoms. The minimum atomic E-state index is 0. The van der Waals surface area contributed by atoms with Gasteiger partial charge in [-0.15, -0.1) is 48.1 Å². The topological polar surface area (TPSA) is 33.5 Å². The number of pyridine rings is 1. The van der Waals surface area contributed by atoms with Crippen LogP contribution in [0.3, 0.4) is 0 Å². The average molecular weight is 771 g/mol. The molecule has 1 aliphatic heterocycles. The molecule has 230 valence electrons. The zero-order valence-electron chi connectivity index (χ0n) is 26.3. The maximum absolute atomic E-state index is 6.39. The number of aryl methyl sites for hydroxylation is 2. The first-order chi connectivity index (χ1) is 21.2. The molecule has 6 aromatic rings. The van der Waals surface area contributed by atoms with Gasteiger partial charge in [-0.05, 0) is 84.4 Å². The summed E-state index contributed by atoms with van der Waals surface area (Å²) in [6.45, 7) is 15.2. The van der Waals surface area contributed by atoms with Crippen LogP contribution in [0.4, 0.5) is 11.4 Å². The number of nitrogens with zero attached hydrogens (tertiary/aromatic N) is 4. The largest absolute Gasteiger partial charge is 0.509 e. The molecule has 0 fully saturated rings. The fraction of sp³-hybridized carbons (Fsp3) is 0.179. The van der Waals surface area contributed by atoms with Gasteiger partial charge in [-0.1, -0.05) is 56.6 Å². The zero-order chi connectivity index (χ0) is 30.6. The first-order valence-electron chi connectivity index (χ1n) is 15.0. The SMILES string of the molecule is Cc1ccc(C)c(N2C=CN(c3[c-]c(Oc4[c-]c5c(cc4)c4ccccc4n5-c4cc(C(C)(C)C)ccn4)ccc3)[CH-]2)c1C.[Pt]. The van der Waals surface area contributed by atoms with E-state index >= 15 is 0 Å². The van der Waals surface area contributed by atoms with Crippen LogP contribution in [-0.4, -0.2) is 9.55 Å². The van der Waals surface area contributed by atoms with E-state index in [1.54, 1.807) is 0 Å². The van der Waals surface area contributed by atoms with E-state index in [0.29, 0.717) is 11.5 Å². The van der Waals surface area contributed by atoms with Crippen molar-refractivity contribution in [3.05, 3.63) is 139 Å². The third kappa shape index (κ3) is 5.66. The summed E-state index contributed by atoms with van der Waals surface area (Å²) < 4.78 is 8.58. The molecule has 4 aromatic carbocycles. The number of ether oxygens (including phenoxy) is 1. The van der Waals surface area contributed by atoms with Crippen LogP contribution in [0.15, 0.2) is 97.5 Å². The number of anilines is 2. The van der Waals surface area contributed by atoms with Gasteiger partial charge >= 0.3 is 0 Å². The van der Waals surface area contributed by atoms with Crippen LogP contribution in [0.1, 0.15) is 43.0 Å². The number of rotatable bonds is 5. The first-order valence-corrected chi connectivity index (χ1v) is 15.0. The number of hydrogen-bond acceptors (Lipinski definition) is 4. The molecule has 0 amide bonds. The second kappa shape index (κ2) is 11.9. The monoisotopic (exact) mass is 770 g/mol. The van der Waals surface area contributed by atoms with Gasteiger partial charge in [0.2, 0.25) is 0 Å². The maximum atomic E-state index is 6.39. The van der Waals surface area contributed by atoms with E-state index in [1.165, 1.54) is 27.9 Å². The molecule has 0 N–H and O–H groups in total. The normalized spacial score (nSPS) is 13.1. The van der Waals surface area contributed by atoms with Gasteiger partial charge in [-0.2, -0.15) is 12.1 Å². The number of fused-ring (bicyclic) bond motifs is 3. The van der Waals surface area contributed by atoms with Crippen LogP contribution in [0.5, 0.6) is 11.5 Å². The molecular weight excluding hydrogens is 736 g/mol. The van der Waals surface area contributed by atoms with Crippen molar-refractivity contribution in [2.24, 2.45) is 0 Å². The number of hydrogen-bond donors (Lipinski definition) is 0. The van der Waals surface area contributed by atoms with Crippen molar-refractivity contribution in [3.63, 3.8) is 0 Å². The summed E-state index contributed by atoms with van der Waals surface area (Å²) in [4.78, 5) is 9.02. The third-order valence-electron chi connectivity index (χ3n) is 8.45. The van der Waals surface area contributed by atoms with Crippen molar-refractivity contribution in [1.82, 2.24) is 9.55 Å². The van der Waals surface area contributed by atoms with E-state index in [1.807, 2.05) is 36.7 Å². The molecule has 0 atom stereocenters. The summed E-state index contributed by atoms with van der Waals surface area (Å²) in [5.74, 6) is 2.11. The van der Waals surface area contributed by atoms with E-state index in [2.05, 4.69) is 136 Å². The molecule has 0 aliphatic carbocycles. The third-order valence-corrected chi connectivity index (χ3v) is 8.45. The van der Waals surface area contributed by atoms with Crippen molar-refractivity contribution in [1.29, 1.82) is 0 Å². The molecule has 0 spiro atoms. The standard InChI is InChI=1S/C39H35N4O.Pt/c1-26-14-15-27(2)38(28(26)3)42-21-20-41(25-42)30-10-9-11-31(23-30)44-32-16-17-34-33-12-7-8-13-35(33)43(36(34)24-32)37-22-29(18-19-40-37)39(4,5)6;/h7-22,25H,1-6H3;/q-3;. The molecule has 2 aromatic heterocycles. The molecule has 0 unspecified atom stereocenters. The van der Waals surface area contributed by atoms with Gasteiger partial charge in [0.25, 0.3) is 0 Å². The fourth-order valence-corrected chi connectivity index (χ4v) is 5.91. The summed E-state index contributed by atoms with van der Waals surface area (Å²) in [7, 11) is 0. The second-order valence-electron chi connectivity index (χ2n) is 12.5. The van der Waals surface area contributed by atoms with Crippen LogP contribution >= 0.6 is 0 Å². The van der Waals surface area contributed by atoms with Crippen LogP contribution < -0.4 is 14.5 Å². The van der Waals surface area contributed by atoms with E-state index in [4.69, 9.17) is 9.72 Å². The summed E-state index contributed by atoms with van der Waals surface area (Å²) in [5.41, 5.74) is 9.13. The van der Waals surface area contributed by atoms with Crippen molar-refractivity contribution < 1.29 is 25.8 Å². The minimum absolute atomic E-state index is 0. The van der Waals surface area contributed by atoms with Gasteiger partial charge in [-0.3, -0.25) is 0 Å². The molecular formula is C39H35N4OPt-3. The molecule has 0 bridgehead atoms. The molecule has 0 radical (unpaired) electrons. The predicted molar refractivity (Wildman–Crippen MR) is 181 cm³/mol. The number of aromatic nitrogens is 2. The van der Waals surface area contributed by atoms with Crippen LogP contribution in [-0.2, 0) is 26.5 Å². The average Bonchev–Trinajstić information content (AvgIpc) is 3.62. The Labute approximate surface area is 280 Å². The first kappa shape index (κ1) is 30.7. The summed E-state index contributed by atoms with van der Waals surface area (Å²) in [6, 6.07) is 34.1. The van der Waals surface area contributed by atoms with Crippen LogP contribution in [0, 0.1) is 39.6 Å². The van der Waals surface area contributed by atoms with Gasteiger partial charge < -0.3 is 19.1 Å². The molecule has 0 saturated carbocycles. The molecule has 1 aliphatic rings. The summed E-state index contributed by atoms with van der Waals surface area (Å²) in [5, 5.41) is 2.26. The van der Waals surface area contributed by atoms with E-state index < -0.39 is 0 Å². The van der Waals surface area contributed by atoms with Crippen molar-refractivity contribution in [3.8, 4) is 17.3 Å². The van der Waals surface area contributed by atoms with Gasteiger partial charge in [0.05, 0.1) is 0 Å². The van der Waals surface area contributed by atoms with Crippen molar-refractivity contribution in [2.75, 3.05) is 9.80 Å². The summed E-state index contributed by atoms with van der Waals surface area (Å²) >= 11 is 0. The predicted octanol–water partition coefficient (Wildman–Crippen LogP) is 9.71. The molecule has 45 heavy (non-hydrogen) atoms. The number of para-hydroxylation sites is 1. The zero-order valence-corrected chi connectivity index (χ0v) is 28.6. The quantitative estimate of drug-likeness (QED) is 0.164. The molecule has 3 heterocycles. The van der Waals surface area contributed by atoms with Crippen molar-refractivity contribution in [2.45, 2.75) is 47.0 Å². The fourth-order valence-electron chi connectivity index (χ4n) is 5.91. The van der Waals surface area contributed by atoms with Gasteiger partial charge in [-0.25, -0.2) is 4.98 Å². The van der Waals surface area contributed by atoms with Gasteiger partial charge in [0, 0.05) is 50.0 Å². The Kier molecular flexibility index (Phi) is 8.09.